The normalized spacial score (nSPS) is 22.0. The third-order valence-electron chi connectivity index (χ3n) is 3.95. The van der Waals surface area contributed by atoms with Crippen LogP contribution in [-0.4, -0.2) is 63.8 Å². The predicted octanol–water partition coefficient (Wildman–Crippen LogP) is 0.00470. The van der Waals surface area contributed by atoms with Gasteiger partial charge in [0, 0.05) is 45.7 Å². The molecule has 3 heterocycles. The summed E-state index contributed by atoms with van der Waals surface area (Å²) in [6.45, 7) is 1.11. The lowest BCUT2D eigenvalue weighted by atomic mass is 10.0. The molecule has 0 spiro atoms. The Labute approximate surface area is 122 Å². The van der Waals surface area contributed by atoms with Crippen LogP contribution in [0.1, 0.15) is 6.42 Å². The number of aliphatic hydroxyl groups excluding tert-OH is 1. The van der Waals surface area contributed by atoms with E-state index in [0.717, 1.165) is 11.3 Å². The first-order valence-corrected chi connectivity index (χ1v) is 6.98. The van der Waals surface area contributed by atoms with Crippen molar-refractivity contribution in [1.82, 2.24) is 19.5 Å². The Morgan fingerprint density at radius 3 is 3.05 bits per heavy atom. The summed E-state index contributed by atoms with van der Waals surface area (Å²) >= 11 is 0. The van der Waals surface area contributed by atoms with Gasteiger partial charge in [0.15, 0.2) is 5.82 Å². The third-order valence-corrected chi connectivity index (χ3v) is 3.95. The minimum Gasteiger partial charge on any atom is -0.391 e. The number of rotatable bonds is 3. The number of nitrogens with zero attached hydrogens (tertiary/aromatic N) is 5. The Bertz CT molecular complexity index is 654. The molecule has 7 heteroatoms. The number of hydrogen-bond acceptors (Lipinski definition) is 5. The van der Waals surface area contributed by atoms with Gasteiger partial charge in [0.05, 0.1) is 6.10 Å². The second-order valence-corrected chi connectivity index (χ2v) is 5.65. The smallest absolute Gasteiger partial charge is 0.222 e. The van der Waals surface area contributed by atoms with Crippen LogP contribution in [0.4, 0.5) is 5.82 Å². The average molecular weight is 289 g/mol. The molecule has 2 aromatic rings. The Morgan fingerprint density at radius 2 is 2.29 bits per heavy atom. The van der Waals surface area contributed by atoms with E-state index < -0.39 is 6.10 Å². The van der Waals surface area contributed by atoms with E-state index in [9.17, 15) is 9.90 Å². The molecule has 0 radical (unpaired) electrons. The van der Waals surface area contributed by atoms with Crippen molar-refractivity contribution in [3.8, 4) is 0 Å². The minimum absolute atomic E-state index is 0.0384. The topological polar surface area (TPSA) is 74.0 Å². The monoisotopic (exact) mass is 289 g/mol. The van der Waals surface area contributed by atoms with Crippen molar-refractivity contribution < 1.29 is 9.90 Å². The van der Waals surface area contributed by atoms with Crippen molar-refractivity contribution >= 4 is 17.2 Å². The molecule has 1 aliphatic heterocycles. The molecule has 3 rings (SSSR count). The summed E-state index contributed by atoms with van der Waals surface area (Å²) < 4.78 is 1.76. The molecular weight excluding hydrogens is 270 g/mol. The second kappa shape index (κ2) is 5.33. The molecule has 2 aromatic heterocycles. The van der Waals surface area contributed by atoms with Crippen molar-refractivity contribution in [2.75, 3.05) is 32.1 Å². The van der Waals surface area contributed by atoms with E-state index in [-0.39, 0.29) is 11.8 Å². The summed E-state index contributed by atoms with van der Waals surface area (Å²) in [7, 11) is 3.46. The van der Waals surface area contributed by atoms with Crippen molar-refractivity contribution in [3.05, 3.63) is 24.7 Å². The van der Waals surface area contributed by atoms with Gasteiger partial charge in [-0.1, -0.05) is 0 Å². The molecular formula is C14H19N5O2. The van der Waals surface area contributed by atoms with Gasteiger partial charge in [0.2, 0.25) is 5.91 Å². The van der Waals surface area contributed by atoms with Crippen molar-refractivity contribution in [2.24, 2.45) is 5.92 Å². The molecule has 7 nitrogen and oxygen atoms in total. The van der Waals surface area contributed by atoms with Crippen LogP contribution >= 0.6 is 0 Å². The molecule has 2 atom stereocenters. The van der Waals surface area contributed by atoms with Gasteiger partial charge in [-0.3, -0.25) is 4.79 Å². The number of carbonyl (C=O) groups is 1. The Morgan fingerprint density at radius 1 is 1.48 bits per heavy atom. The lowest BCUT2D eigenvalue weighted by Gasteiger charge is -2.18. The van der Waals surface area contributed by atoms with Crippen LogP contribution in [0.5, 0.6) is 0 Å². The molecule has 0 unspecified atom stereocenters. The third kappa shape index (κ3) is 2.56. The zero-order chi connectivity index (χ0) is 15.0. The van der Waals surface area contributed by atoms with Gasteiger partial charge in [-0.15, -0.1) is 0 Å². The molecule has 1 saturated heterocycles. The van der Waals surface area contributed by atoms with Gasteiger partial charge >= 0.3 is 0 Å². The van der Waals surface area contributed by atoms with E-state index in [0.29, 0.717) is 19.5 Å². The summed E-state index contributed by atoms with van der Waals surface area (Å²) in [5.41, 5.74) is 0.907. The van der Waals surface area contributed by atoms with Gasteiger partial charge in [-0.25, -0.2) is 9.50 Å². The quantitative estimate of drug-likeness (QED) is 0.861. The van der Waals surface area contributed by atoms with Crippen molar-refractivity contribution in [2.45, 2.75) is 12.5 Å². The number of amides is 1. The molecule has 112 valence electrons. The number of carbonyl (C=O) groups excluding carboxylic acids is 1. The van der Waals surface area contributed by atoms with E-state index in [1.54, 1.807) is 23.5 Å². The Hall–Kier alpha value is -2.15. The van der Waals surface area contributed by atoms with Gasteiger partial charge in [-0.05, 0) is 12.1 Å². The molecule has 0 aliphatic carbocycles. The van der Waals surface area contributed by atoms with Crippen LogP contribution in [0.15, 0.2) is 24.7 Å². The molecule has 0 bridgehead atoms. The summed E-state index contributed by atoms with van der Waals surface area (Å²) in [6, 6.07) is 3.85. The summed E-state index contributed by atoms with van der Waals surface area (Å²) in [5, 5.41) is 14.3. The van der Waals surface area contributed by atoms with Crippen LogP contribution in [-0.2, 0) is 4.79 Å². The van der Waals surface area contributed by atoms with Gasteiger partial charge in [0.25, 0.3) is 0 Å². The molecule has 0 saturated carbocycles. The van der Waals surface area contributed by atoms with Crippen LogP contribution < -0.4 is 4.90 Å². The molecule has 0 aromatic carbocycles. The number of hydrogen-bond donors (Lipinski definition) is 1. The zero-order valence-electron chi connectivity index (χ0n) is 12.2. The Kier molecular flexibility index (Phi) is 3.50. The maximum atomic E-state index is 11.8. The van der Waals surface area contributed by atoms with E-state index in [1.807, 2.05) is 23.2 Å². The molecule has 1 N–H and O–H groups in total. The maximum absolute atomic E-state index is 11.8. The summed E-state index contributed by atoms with van der Waals surface area (Å²) in [5.74, 6) is 0.773. The number of β-amino-alcohol motifs (C(OH)–C–C–N with tert-alkyl or cyclic N) is 1. The highest BCUT2D eigenvalue weighted by Crippen LogP contribution is 2.27. The lowest BCUT2D eigenvalue weighted by molar-refractivity contribution is -0.130. The molecule has 1 aliphatic rings. The first-order valence-electron chi connectivity index (χ1n) is 6.98. The fourth-order valence-corrected chi connectivity index (χ4v) is 2.73. The fraction of sp³-hybridized carbons (Fsp3) is 0.500. The Balaban J connectivity index is 1.79. The first-order chi connectivity index (χ1) is 10.1. The van der Waals surface area contributed by atoms with Crippen LogP contribution in [0.25, 0.3) is 5.52 Å². The number of fused-ring (bicyclic) bond motifs is 1. The number of anilines is 1. The summed E-state index contributed by atoms with van der Waals surface area (Å²) in [6.07, 6.45) is 3.21. The van der Waals surface area contributed by atoms with Gasteiger partial charge < -0.3 is 14.9 Å². The highest BCUT2D eigenvalue weighted by atomic mass is 16.3. The highest BCUT2D eigenvalue weighted by molar-refractivity contribution is 5.76. The summed E-state index contributed by atoms with van der Waals surface area (Å²) in [4.78, 5) is 19.7. The number of aliphatic hydroxyl groups is 1. The second-order valence-electron chi connectivity index (χ2n) is 5.65. The zero-order valence-corrected chi connectivity index (χ0v) is 12.2. The van der Waals surface area contributed by atoms with Crippen LogP contribution in [0, 0.1) is 5.92 Å². The van der Waals surface area contributed by atoms with E-state index in [4.69, 9.17) is 0 Å². The average Bonchev–Trinajstić information content (AvgIpc) is 3.05. The van der Waals surface area contributed by atoms with Crippen molar-refractivity contribution in [3.63, 3.8) is 0 Å². The van der Waals surface area contributed by atoms with E-state index in [1.165, 1.54) is 6.33 Å². The SMILES string of the molecule is CN(C)C(=O)C[C@@H]1CN(c2ncnn3cccc23)C[C@H]1O. The molecule has 1 fully saturated rings. The van der Waals surface area contributed by atoms with Gasteiger partial charge in [0.1, 0.15) is 11.8 Å². The van der Waals surface area contributed by atoms with E-state index >= 15 is 0 Å². The van der Waals surface area contributed by atoms with Crippen molar-refractivity contribution in [1.29, 1.82) is 0 Å². The first kappa shape index (κ1) is 13.8. The van der Waals surface area contributed by atoms with Gasteiger partial charge in [-0.2, -0.15) is 5.10 Å². The fourth-order valence-electron chi connectivity index (χ4n) is 2.73. The standard InChI is InChI=1S/C14H19N5O2/c1-17(2)13(21)6-10-7-18(8-12(10)20)14-11-4-3-5-19(11)16-9-15-14/h3-5,9-10,12,20H,6-8H2,1-2H3/t10-,12-/m1/s1. The largest absolute Gasteiger partial charge is 0.391 e. The molecule has 21 heavy (non-hydrogen) atoms. The van der Waals surface area contributed by atoms with E-state index in [2.05, 4.69) is 10.1 Å². The highest BCUT2D eigenvalue weighted by Gasteiger charge is 2.34. The molecule has 1 amide bonds. The lowest BCUT2D eigenvalue weighted by Crippen LogP contribution is -2.28. The van der Waals surface area contributed by atoms with Crippen LogP contribution in [0.2, 0.25) is 0 Å². The maximum Gasteiger partial charge on any atom is 0.222 e. The minimum atomic E-state index is -0.515. The number of aromatic nitrogens is 3. The van der Waals surface area contributed by atoms with Crippen LogP contribution in [0.3, 0.4) is 0 Å². The predicted molar refractivity (Wildman–Crippen MR) is 78.0 cm³/mol.